The predicted molar refractivity (Wildman–Crippen MR) is 55.9 cm³/mol. The van der Waals surface area contributed by atoms with Crippen LogP contribution in [0.15, 0.2) is 37.8 Å². The molecule has 74 valence electrons. The van der Waals surface area contributed by atoms with Crippen molar-refractivity contribution in [2.75, 3.05) is 0 Å². The highest BCUT2D eigenvalue weighted by Crippen LogP contribution is 2.28. The van der Waals surface area contributed by atoms with E-state index < -0.39 is 0 Å². The average molecular weight is 256 g/mol. The Hall–Kier alpha value is -1.000. The molecule has 0 saturated carbocycles. The average Bonchev–Trinajstić information content (AvgIpc) is 2.73. The summed E-state index contributed by atoms with van der Waals surface area (Å²) in [5.41, 5.74) is 5.96. The van der Waals surface area contributed by atoms with E-state index in [1.165, 1.54) is 0 Å². The van der Waals surface area contributed by atoms with Gasteiger partial charge in [0.2, 0.25) is 0 Å². The summed E-state index contributed by atoms with van der Waals surface area (Å²) in [6, 6.07) is 5.19. The molecule has 2 heterocycles. The molecule has 0 aromatic carbocycles. The van der Waals surface area contributed by atoms with Gasteiger partial charge in [0.15, 0.2) is 0 Å². The van der Waals surface area contributed by atoms with Crippen LogP contribution in [0.1, 0.15) is 23.3 Å². The first-order valence-electron chi connectivity index (χ1n) is 4.23. The first-order chi connectivity index (χ1) is 6.68. The zero-order chi connectivity index (χ0) is 10.1. The van der Waals surface area contributed by atoms with E-state index in [1.807, 2.05) is 25.1 Å². The third-order valence-electron chi connectivity index (χ3n) is 1.99. The summed E-state index contributed by atoms with van der Waals surface area (Å²) in [7, 11) is 0. The van der Waals surface area contributed by atoms with Crippen molar-refractivity contribution in [1.29, 1.82) is 0 Å². The maximum absolute atomic E-state index is 5.96. The van der Waals surface area contributed by atoms with Gasteiger partial charge in [-0.05, 0) is 41.1 Å². The van der Waals surface area contributed by atoms with Crippen molar-refractivity contribution in [2.45, 2.75) is 13.0 Å². The van der Waals surface area contributed by atoms with E-state index in [9.17, 15) is 0 Å². The summed E-state index contributed by atoms with van der Waals surface area (Å²) < 4.78 is 11.5. The molecular weight excluding hydrogens is 246 g/mol. The SMILES string of the molecule is Cc1ccc(C(N)c2occc2Br)o1. The second kappa shape index (κ2) is 3.63. The van der Waals surface area contributed by atoms with Crippen LogP contribution in [0.4, 0.5) is 0 Å². The molecule has 2 aromatic heterocycles. The van der Waals surface area contributed by atoms with Crippen LogP contribution >= 0.6 is 15.9 Å². The van der Waals surface area contributed by atoms with Crippen LogP contribution in [-0.4, -0.2) is 0 Å². The van der Waals surface area contributed by atoms with Crippen molar-refractivity contribution >= 4 is 15.9 Å². The quantitative estimate of drug-likeness (QED) is 0.898. The molecule has 0 spiro atoms. The molecule has 2 N–H and O–H groups in total. The summed E-state index contributed by atoms with van der Waals surface area (Å²) in [6.07, 6.45) is 1.59. The van der Waals surface area contributed by atoms with Crippen molar-refractivity contribution in [3.05, 3.63) is 46.2 Å². The third-order valence-corrected chi connectivity index (χ3v) is 2.65. The molecule has 0 aliphatic heterocycles. The van der Waals surface area contributed by atoms with E-state index in [2.05, 4.69) is 15.9 Å². The molecule has 0 bridgehead atoms. The van der Waals surface area contributed by atoms with E-state index in [-0.39, 0.29) is 6.04 Å². The van der Waals surface area contributed by atoms with Crippen molar-refractivity contribution in [3.63, 3.8) is 0 Å². The van der Waals surface area contributed by atoms with Crippen molar-refractivity contribution in [1.82, 2.24) is 0 Å². The largest absolute Gasteiger partial charge is 0.466 e. The molecule has 0 amide bonds. The van der Waals surface area contributed by atoms with Gasteiger partial charge >= 0.3 is 0 Å². The Morgan fingerprint density at radius 3 is 2.64 bits per heavy atom. The first kappa shape index (κ1) is 9.55. The van der Waals surface area contributed by atoms with Gasteiger partial charge in [0, 0.05) is 0 Å². The lowest BCUT2D eigenvalue weighted by molar-refractivity contribution is 0.419. The molecule has 1 atom stereocenters. The van der Waals surface area contributed by atoms with Crippen LogP contribution in [0.25, 0.3) is 0 Å². The molecule has 0 aliphatic carbocycles. The van der Waals surface area contributed by atoms with Crippen LogP contribution < -0.4 is 5.73 Å². The molecule has 3 nitrogen and oxygen atoms in total. The first-order valence-corrected chi connectivity index (χ1v) is 5.02. The second-order valence-electron chi connectivity index (χ2n) is 3.06. The monoisotopic (exact) mass is 255 g/mol. The number of furan rings is 2. The number of hydrogen-bond acceptors (Lipinski definition) is 3. The number of nitrogens with two attached hydrogens (primary N) is 1. The number of aryl methyl sites for hydroxylation is 1. The Bertz CT molecular complexity index is 433. The lowest BCUT2D eigenvalue weighted by atomic mass is 10.2. The Morgan fingerprint density at radius 2 is 2.14 bits per heavy atom. The van der Waals surface area contributed by atoms with Crippen molar-refractivity contribution < 1.29 is 8.83 Å². The summed E-state index contributed by atoms with van der Waals surface area (Å²) in [5, 5.41) is 0. The van der Waals surface area contributed by atoms with Gasteiger partial charge in [0.25, 0.3) is 0 Å². The minimum atomic E-state index is -0.354. The Balaban J connectivity index is 2.33. The molecular formula is C10H10BrNO2. The second-order valence-corrected chi connectivity index (χ2v) is 3.91. The molecule has 0 radical (unpaired) electrons. The van der Waals surface area contributed by atoms with Gasteiger partial charge in [-0.2, -0.15) is 0 Å². The summed E-state index contributed by atoms with van der Waals surface area (Å²) in [4.78, 5) is 0. The lowest BCUT2D eigenvalue weighted by Gasteiger charge is -2.05. The fourth-order valence-electron chi connectivity index (χ4n) is 1.28. The third kappa shape index (κ3) is 1.63. The number of hydrogen-bond donors (Lipinski definition) is 1. The smallest absolute Gasteiger partial charge is 0.142 e. The van der Waals surface area contributed by atoms with Crippen LogP contribution in [0, 0.1) is 6.92 Å². The fraction of sp³-hybridized carbons (Fsp3) is 0.200. The minimum absolute atomic E-state index is 0.354. The van der Waals surface area contributed by atoms with Gasteiger partial charge < -0.3 is 14.6 Å². The van der Waals surface area contributed by atoms with Crippen LogP contribution in [0.5, 0.6) is 0 Å². The predicted octanol–water partition coefficient (Wildman–Crippen LogP) is 2.99. The standard InChI is InChI=1S/C10H10BrNO2/c1-6-2-3-8(14-6)9(12)10-7(11)4-5-13-10/h2-5,9H,12H2,1H3. The molecule has 0 aliphatic rings. The number of halogens is 1. The van der Waals surface area contributed by atoms with Crippen molar-refractivity contribution in [3.8, 4) is 0 Å². The highest BCUT2D eigenvalue weighted by molar-refractivity contribution is 9.10. The molecule has 2 aromatic rings. The molecule has 1 unspecified atom stereocenters. The zero-order valence-electron chi connectivity index (χ0n) is 7.66. The summed E-state index contributed by atoms with van der Waals surface area (Å²) >= 11 is 3.36. The minimum Gasteiger partial charge on any atom is -0.466 e. The normalized spacial score (nSPS) is 13.1. The Kier molecular flexibility index (Phi) is 2.48. The fourth-order valence-corrected chi connectivity index (χ4v) is 1.73. The maximum atomic E-state index is 5.96. The van der Waals surface area contributed by atoms with Crippen LogP contribution in [-0.2, 0) is 0 Å². The van der Waals surface area contributed by atoms with Gasteiger partial charge in [0.1, 0.15) is 23.3 Å². The van der Waals surface area contributed by atoms with E-state index in [0.29, 0.717) is 11.5 Å². The van der Waals surface area contributed by atoms with E-state index >= 15 is 0 Å². The van der Waals surface area contributed by atoms with Crippen LogP contribution in [0.2, 0.25) is 0 Å². The van der Waals surface area contributed by atoms with E-state index in [0.717, 1.165) is 10.2 Å². The zero-order valence-corrected chi connectivity index (χ0v) is 9.24. The summed E-state index contributed by atoms with van der Waals surface area (Å²) in [6.45, 7) is 1.88. The topological polar surface area (TPSA) is 52.3 Å². The summed E-state index contributed by atoms with van der Waals surface area (Å²) in [5.74, 6) is 2.23. The number of rotatable bonds is 2. The van der Waals surface area contributed by atoms with Gasteiger partial charge in [-0.25, -0.2) is 0 Å². The van der Waals surface area contributed by atoms with Gasteiger partial charge in [0.05, 0.1) is 10.7 Å². The van der Waals surface area contributed by atoms with Gasteiger partial charge in [-0.3, -0.25) is 0 Å². The molecule has 4 heteroatoms. The molecule has 0 saturated heterocycles. The Morgan fingerprint density at radius 1 is 1.36 bits per heavy atom. The molecule has 14 heavy (non-hydrogen) atoms. The van der Waals surface area contributed by atoms with Crippen molar-refractivity contribution in [2.24, 2.45) is 5.73 Å². The Labute approximate surface area is 90.0 Å². The highest BCUT2D eigenvalue weighted by atomic mass is 79.9. The molecule has 0 fully saturated rings. The van der Waals surface area contributed by atoms with Gasteiger partial charge in [-0.15, -0.1) is 0 Å². The van der Waals surface area contributed by atoms with E-state index in [1.54, 1.807) is 6.26 Å². The van der Waals surface area contributed by atoms with E-state index in [4.69, 9.17) is 14.6 Å². The maximum Gasteiger partial charge on any atom is 0.142 e. The molecule has 2 rings (SSSR count). The lowest BCUT2D eigenvalue weighted by Crippen LogP contribution is -2.10. The van der Waals surface area contributed by atoms with Gasteiger partial charge in [-0.1, -0.05) is 0 Å². The van der Waals surface area contributed by atoms with Crippen LogP contribution in [0.3, 0.4) is 0 Å². The highest BCUT2D eigenvalue weighted by Gasteiger charge is 2.18.